The molecule has 2 saturated heterocycles. The first-order valence-electron chi connectivity index (χ1n) is 22.3. The Balaban J connectivity index is 0.000000168. The number of rotatable bonds is 11. The molecule has 4 atom stereocenters. The normalized spacial score (nSPS) is 18.0. The number of fused-ring (bicyclic) bond motifs is 1. The largest absolute Gasteiger partial charge is 0.481 e. The van der Waals surface area contributed by atoms with E-state index in [1.54, 1.807) is 19.1 Å². The Hall–Kier alpha value is -5.68. The zero-order valence-electron chi connectivity index (χ0n) is 38.8. The van der Waals surface area contributed by atoms with Crippen LogP contribution in [-0.2, 0) is 37.3 Å². The lowest BCUT2D eigenvalue weighted by atomic mass is 10.00. The monoisotopic (exact) mass is 1000 g/mol. The smallest absolute Gasteiger partial charge is 0.306 e. The van der Waals surface area contributed by atoms with Gasteiger partial charge in [-0.1, -0.05) is 83.8 Å². The standard InChI is InChI=1S/C25H26ClN3O3S.C15H19N3O3S.C10H11ClO2/c1-15(12-18-4-7-20(26)8-5-18)25-27-22-13-19(24-16(2)28-32-17(24)3)6-9-23(22)29(25)21-10-11-33(30,31)14-21;1-9-15(10(2)21-18-9)11-3-4-14(13(16)7-11)17-12-5-6-22(19,20)8-12;1-7(10(12)13)6-8-2-4-9(11)5-3-8/h4-9,13,15,21H,10-12,14H2,1-3H3;3-4,7,12,17H,5-6,8,16H2,1-2H3;2-5,7H,6H2,1H3,(H,12,13)/t15-,21+;12-;7-/m101/s1. The molecule has 14 nitrogen and oxygen atoms in total. The van der Waals surface area contributed by atoms with Crippen LogP contribution < -0.4 is 11.1 Å². The van der Waals surface area contributed by atoms with Gasteiger partial charge in [0.15, 0.2) is 19.7 Å². The zero-order chi connectivity index (χ0) is 49.1. The number of imidazole rings is 1. The summed E-state index contributed by atoms with van der Waals surface area (Å²) in [5.41, 5.74) is 17.0. The first kappa shape index (κ1) is 50.2. The Kier molecular flexibility index (Phi) is 15.4. The molecule has 0 aliphatic carbocycles. The van der Waals surface area contributed by atoms with E-state index in [-0.39, 0.29) is 46.9 Å². The van der Waals surface area contributed by atoms with Gasteiger partial charge in [0, 0.05) is 33.1 Å². The van der Waals surface area contributed by atoms with E-state index in [0.717, 1.165) is 79.7 Å². The quantitative estimate of drug-likeness (QED) is 0.103. The number of nitrogens with one attached hydrogen (secondary N) is 1. The van der Waals surface area contributed by atoms with Gasteiger partial charge in [-0.15, -0.1) is 0 Å². The molecule has 4 aromatic carbocycles. The van der Waals surface area contributed by atoms with Gasteiger partial charge in [-0.2, -0.15) is 0 Å². The van der Waals surface area contributed by atoms with Crippen LogP contribution in [0.15, 0.2) is 94.0 Å². The van der Waals surface area contributed by atoms with Crippen molar-refractivity contribution in [1.29, 1.82) is 0 Å². The number of nitrogen functional groups attached to an aromatic ring is 1. The van der Waals surface area contributed by atoms with E-state index in [2.05, 4.69) is 33.2 Å². The molecule has 0 amide bonds. The minimum absolute atomic E-state index is 0.0720. The van der Waals surface area contributed by atoms with Crippen molar-refractivity contribution >= 4 is 71.3 Å². The topological polar surface area (TPSA) is 214 Å². The van der Waals surface area contributed by atoms with Gasteiger partial charge in [0.25, 0.3) is 0 Å². The van der Waals surface area contributed by atoms with Crippen LogP contribution in [0.1, 0.15) is 78.5 Å². The first-order valence-corrected chi connectivity index (χ1v) is 26.7. The predicted octanol–water partition coefficient (Wildman–Crippen LogP) is 10.4. The molecule has 0 unspecified atom stereocenters. The molecule has 2 aliphatic heterocycles. The van der Waals surface area contributed by atoms with E-state index < -0.39 is 25.6 Å². The number of hydrogen-bond donors (Lipinski definition) is 3. The van der Waals surface area contributed by atoms with E-state index in [4.69, 9.17) is 48.1 Å². The molecular formula is C50H56Cl2N6O8S2. The van der Waals surface area contributed by atoms with Gasteiger partial charge in [0.1, 0.15) is 17.3 Å². The minimum Gasteiger partial charge on any atom is -0.481 e. The van der Waals surface area contributed by atoms with Gasteiger partial charge in [-0.3, -0.25) is 4.79 Å². The molecule has 9 rings (SSSR count). The van der Waals surface area contributed by atoms with E-state index in [9.17, 15) is 21.6 Å². The second kappa shape index (κ2) is 20.9. The van der Waals surface area contributed by atoms with Crippen LogP contribution in [0.4, 0.5) is 11.4 Å². The average Bonchev–Trinajstić information content (AvgIpc) is 4.10. The van der Waals surface area contributed by atoms with Crippen molar-refractivity contribution in [2.24, 2.45) is 5.92 Å². The van der Waals surface area contributed by atoms with Crippen molar-refractivity contribution < 1.29 is 35.8 Å². The minimum atomic E-state index is -3.04. The number of aromatic nitrogens is 4. The number of benzene rings is 4. The number of halogens is 2. The highest BCUT2D eigenvalue weighted by Crippen LogP contribution is 2.37. The molecule has 7 aromatic rings. The lowest BCUT2D eigenvalue weighted by Gasteiger charge is -2.19. The number of hydrogen-bond acceptors (Lipinski definition) is 12. The second-order valence-electron chi connectivity index (χ2n) is 17.8. The van der Waals surface area contributed by atoms with Crippen LogP contribution in [0.3, 0.4) is 0 Å². The number of anilines is 2. The molecule has 5 heterocycles. The fourth-order valence-electron chi connectivity index (χ4n) is 8.88. The van der Waals surface area contributed by atoms with Crippen molar-refractivity contribution in [3.8, 4) is 22.3 Å². The predicted molar refractivity (Wildman–Crippen MR) is 269 cm³/mol. The summed E-state index contributed by atoms with van der Waals surface area (Å²) in [5.74, 6) is 2.20. The van der Waals surface area contributed by atoms with Crippen molar-refractivity contribution in [3.05, 3.63) is 135 Å². The molecule has 0 radical (unpaired) electrons. The number of carboxylic acid groups (broad SMARTS) is 1. The third-order valence-electron chi connectivity index (χ3n) is 12.4. The van der Waals surface area contributed by atoms with Crippen LogP contribution >= 0.6 is 23.2 Å². The summed E-state index contributed by atoms with van der Waals surface area (Å²) in [5, 5.41) is 21.3. The third-order valence-corrected chi connectivity index (χ3v) is 16.4. The van der Waals surface area contributed by atoms with Crippen molar-refractivity contribution in [2.75, 3.05) is 34.1 Å². The maximum atomic E-state index is 12.3. The number of nitrogens with zero attached hydrogens (tertiary/aromatic N) is 4. The summed E-state index contributed by atoms with van der Waals surface area (Å²) in [6, 6.07) is 26.7. The van der Waals surface area contributed by atoms with Crippen LogP contribution in [0.2, 0.25) is 10.0 Å². The molecule has 2 aliphatic rings. The van der Waals surface area contributed by atoms with Gasteiger partial charge in [-0.25, -0.2) is 21.8 Å². The Morgan fingerprint density at radius 2 is 1.29 bits per heavy atom. The average molecular weight is 1000 g/mol. The maximum absolute atomic E-state index is 12.3. The van der Waals surface area contributed by atoms with Gasteiger partial charge in [0.05, 0.1) is 68.8 Å². The SMILES string of the molecule is C[C@H](Cc1ccc(Cl)cc1)C(=O)O.Cc1noc(C)c1-c1ccc(N[C@H]2CCS(=O)(=O)C2)c(N)c1.Cc1noc(C)c1-c1ccc2c(c1)nc([C@H](C)Cc1ccc(Cl)cc1)n2[C@H]1CCS(=O)(=O)C1. The van der Waals surface area contributed by atoms with E-state index in [1.807, 2.05) is 94.4 Å². The molecule has 4 N–H and O–H groups in total. The molecule has 0 spiro atoms. The van der Waals surface area contributed by atoms with Crippen LogP contribution in [0.5, 0.6) is 0 Å². The van der Waals surface area contributed by atoms with E-state index >= 15 is 0 Å². The number of aryl methyl sites for hydroxylation is 4. The van der Waals surface area contributed by atoms with Gasteiger partial charge in [0.2, 0.25) is 0 Å². The first-order chi connectivity index (χ1) is 32.2. The second-order valence-corrected chi connectivity index (χ2v) is 23.2. The lowest BCUT2D eigenvalue weighted by Crippen LogP contribution is -2.21. The number of nitrogens with two attached hydrogens (primary N) is 1. The Labute approximate surface area is 407 Å². The zero-order valence-corrected chi connectivity index (χ0v) is 41.9. The van der Waals surface area contributed by atoms with Crippen molar-refractivity contribution in [1.82, 2.24) is 19.9 Å². The van der Waals surface area contributed by atoms with Crippen molar-refractivity contribution in [2.45, 2.75) is 85.2 Å². The van der Waals surface area contributed by atoms with Gasteiger partial charge < -0.3 is 29.8 Å². The van der Waals surface area contributed by atoms with Gasteiger partial charge >= 0.3 is 5.97 Å². The Bertz CT molecular complexity index is 3110. The van der Waals surface area contributed by atoms with E-state index in [1.165, 1.54) is 5.56 Å². The Morgan fingerprint density at radius 3 is 1.78 bits per heavy atom. The van der Waals surface area contributed by atoms with Crippen molar-refractivity contribution in [3.63, 3.8) is 0 Å². The number of carbonyl (C=O) groups is 1. The molecule has 0 bridgehead atoms. The summed E-state index contributed by atoms with van der Waals surface area (Å²) in [7, 11) is -5.94. The number of sulfone groups is 2. The van der Waals surface area contributed by atoms with Crippen LogP contribution in [-0.4, -0.2) is 76.8 Å². The number of carboxylic acids is 1. The number of aliphatic carboxylic acids is 1. The highest BCUT2D eigenvalue weighted by atomic mass is 35.5. The fraction of sp³-hybridized carbons (Fsp3) is 0.360. The summed E-state index contributed by atoms with van der Waals surface area (Å²) in [4.78, 5) is 15.6. The molecule has 2 fully saturated rings. The summed E-state index contributed by atoms with van der Waals surface area (Å²) < 4.78 is 60.3. The highest BCUT2D eigenvalue weighted by Gasteiger charge is 2.33. The molecule has 360 valence electrons. The highest BCUT2D eigenvalue weighted by molar-refractivity contribution is 7.91. The molecule has 3 aromatic heterocycles. The Morgan fingerprint density at radius 1 is 0.765 bits per heavy atom. The molecule has 68 heavy (non-hydrogen) atoms. The van der Waals surface area contributed by atoms with E-state index in [0.29, 0.717) is 35.0 Å². The lowest BCUT2D eigenvalue weighted by molar-refractivity contribution is -0.141. The maximum Gasteiger partial charge on any atom is 0.306 e. The van der Waals surface area contributed by atoms with Gasteiger partial charge in [-0.05, 0) is 124 Å². The molecule has 18 heteroatoms. The summed E-state index contributed by atoms with van der Waals surface area (Å²) in [6.07, 6.45) is 2.57. The molecular weight excluding hydrogens is 948 g/mol. The summed E-state index contributed by atoms with van der Waals surface area (Å²) >= 11 is 11.7. The van der Waals surface area contributed by atoms with Crippen LogP contribution in [0, 0.1) is 33.6 Å². The fourth-order valence-corrected chi connectivity index (χ4v) is 12.5. The molecule has 0 saturated carbocycles. The van der Waals surface area contributed by atoms with Crippen LogP contribution in [0.25, 0.3) is 33.3 Å². The third kappa shape index (κ3) is 12.1. The summed E-state index contributed by atoms with van der Waals surface area (Å²) in [6.45, 7) is 11.4.